The summed E-state index contributed by atoms with van der Waals surface area (Å²) in [5.74, 6) is -8.35. The summed E-state index contributed by atoms with van der Waals surface area (Å²) in [5.41, 5.74) is 3.56. The van der Waals surface area contributed by atoms with Gasteiger partial charge in [0.25, 0.3) is 11.8 Å². The fraction of sp³-hybridized carbons (Fsp3) is 0.194. The summed E-state index contributed by atoms with van der Waals surface area (Å²) >= 11 is 0. The minimum atomic E-state index is -2.47. The van der Waals surface area contributed by atoms with Crippen LogP contribution in [0.5, 0.6) is 23.0 Å². The lowest BCUT2D eigenvalue weighted by molar-refractivity contribution is -0.159. The van der Waals surface area contributed by atoms with Gasteiger partial charge in [-0.15, -0.1) is 0 Å². The molecule has 246 valence electrons. The first-order valence-corrected chi connectivity index (χ1v) is 13.4. The number of nitrogens with one attached hydrogen (secondary N) is 2. The van der Waals surface area contributed by atoms with Crippen LogP contribution < -0.4 is 29.8 Å². The van der Waals surface area contributed by atoms with Crippen molar-refractivity contribution in [3.8, 4) is 23.0 Å². The quantitative estimate of drug-likeness (QED) is 0.144. The summed E-state index contributed by atoms with van der Waals surface area (Å²) in [5, 5.41) is 9.99. The predicted octanol–water partition coefficient (Wildman–Crippen LogP) is 1.85. The SMILES string of the molecule is COc1cc(C(=O)O[C@H](C(=O)O)[C@@H](OC(=O)c2ccc(OC(C)=O)c(OC)c2)C(=O)NNC(=O)c2ccccc2)ccc1OC(C)=O. The van der Waals surface area contributed by atoms with Gasteiger partial charge >= 0.3 is 29.8 Å². The monoisotopic (exact) mass is 652 g/mol. The normalized spacial score (nSPS) is 11.5. The summed E-state index contributed by atoms with van der Waals surface area (Å²) in [6.45, 7) is 2.28. The third-order valence-corrected chi connectivity index (χ3v) is 5.89. The molecule has 0 saturated carbocycles. The molecule has 0 aromatic heterocycles. The van der Waals surface area contributed by atoms with E-state index >= 15 is 0 Å². The predicted molar refractivity (Wildman–Crippen MR) is 157 cm³/mol. The van der Waals surface area contributed by atoms with E-state index in [-0.39, 0.29) is 39.7 Å². The Morgan fingerprint density at radius 1 is 0.596 bits per heavy atom. The maximum Gasteiger partial charge on any atom is 0.349 e. The molecule has 3 rings (SSSR count). The van der Waals surface area contributed by atoms with Crippen LogP contribution in [-0.4, -0.2) is 73.2 Å². The van der Waals surface area contributed by atoms with Crippen molar-refractivity contribution in [3.63, 3.8) is 0 Å². The van der Waals surface area contributed by atoms with E-state index in [2.05, 4.69) is 5.43 Å². The van der Waals surface area contributed by atoms with Gasteiger partial charge in [0.05, 0.1) is 25.3 Å². The number of hydrogen-bond acceptors (Lipinski definition) is 13. The van der Waals surface area contributed by atoms with Crippen LogP contribution in [0.3, 0.4) is 0 Å². The highest BCUT2D eigenvalue weighted by molar-refractivity contribution is 5.99. The number of amides is 2. The number of ether oxygens (including phenoxy) is 6. The molecule has 47 heavy (non-hydrogen) atoms. The highest BCUT2D eigenvalue weighted by atomic mass is 16.6. The van der Waals surface area contributed by atoms with Crippen LogP contribution in [0.1, 0.15) is 44.9 Å². The maximum atomic E-state index is 13.2. The van der Waals surface area contributed by atoms with Crippen molar-refractivity contribution < 1.29 is 67.1 Å². The lowest BCUT2D eigenvalue weighted by atomic mass is 10.1. The van der Waals surface area contributed by atoms with E-state index in [1.807, 2.05) is 5.43 Å². The number of carbonyl (C=O) groups excluding carboxylic acids is 6. The van der Waals surface area contributed by atoms with Crippen molar-refractivity contribution in [1.82, 2.24) is 10.9 Å². The van der Waals surface area contributed by atoms with Crippen molar-refractivity contribution >= 4 is 41.7 Å². The van der Waals surface area contributed by atoms with Gasteiger partial charge in [0, 0.05) is 19.4 Å². The van der Waals surface area contributed by atoms with Crippen molar-refractivity contribution in [2.75, 3.05) is 14.2 Å². The Hall–Kier alpha value is -6.45. The Labute approximate surface area is 266 Å². The molecule has 0 aliphatic rings. The van der Waals surface area contributed by atoms with Crippen LogP contribution in [0.15, 0.2) is 66.7 Å². The van der Waals surface area contributed by atoms with Gasteiger partial charge < -0.3 is 33.5 Å². The average Bonchev–Trinajstić information content (AvgIpc) is 3.04. The van der Waals surface area contributed by atoms with Crippen LogP contribution >= 0.6 is 0 Å². The largest absolute Gasteiger partial charge is 0.493 e. The molecule has 0 bridgehead atoms. The molecule has 0 aliphatic carbocycles. The second kappa shape index (κ2) is 16.0. The molecular weight excluding hydrogens is 624 g/mol. The molecule has 0 radical (unpaired) electrons. The smallest absolute Gasteiger partial charge is 0.349 e. The molecule has 16 nitrogen and oxygen atoms in total. The average molecular weight is 653 g/mol. The van der Waals surface area contributed by atoms with Gasteiger partial charge in [-0.3, -0.25) is 30.0 Å². The van der Waals surface area contributed by atoms with Gasteiger partial charge in [-0.1, -0.05) is 18.2 Å². The molecule has 3 aromatic rings. The zero-order valence-corrected chi connectivity index (χ0v) is 25.3. The Kier molecular flexibility index (Phi) is 11.9. The minimum Gasteiger partial charge on any atom is -0.493 e. The molecular formula is C31H28N2O14. The summed E-state index contributed by atoms with van der Waals surface area (Å²) in [7, 11) is 2.44. The number of carboxylic acid groups (broad SMARTS) is 1. The first-order chi connectivity index (χ1) is 22.3. The topological polar surface area (TPSA) is 219 Å². The summed E-state index contributed by atoms with van der Waals surface area (Å²) in [6, 6.07) is 14.4. The number of aliphatic carboxylic acids is 1. The molecule has 0 heterocycles. The van der Waals surface area contributed by atoms with E-state index in [4.69, 9.17) is 28.4 Å². The molecule has 2 amide bonds. The van der Waals surface area contributed by atoms with E-state index < -0.39 is 53.9 Å². The molecule has 0 fully saturated rings. The number of hydrogen-bond donors (Lipinski definition) is 3. The summed E-state index contributed by atoms with van der Waals surface area (Å²) in [6.07, 6.45) is -4.86. The second-order valence-corrected chi connectivity index (χ2v) is 9.22. The zero-order chi connectivity index (χ0) is 34.7. The van der Waals surface area contributed by atoms with Gasteiger partial charge in [-0.05, 0) is 48.5 Å². The third kappa shape index (κ3) is 9.52. The number of hydrazine groups is 1. The highest BCUT2D eigenvalue weighted by Crippen LogP contribution is 2.30. The first-order valence-electron chi connectivity index (χ1n) is 13.4. The van der Waals surface area contributed by atoms with E-state index in [9.17, 15) is 38.7 Å². The van der Waals surface area contributed by atoms with Gasteiger partial charge in [0.2, 0.25) is 12.2 Å². The summed E-state index contributed by atoms with van der Waals surface area (Å²) < 4.78 is 30.5. The standard InChI is InChI=1S/C31H28N2O14/c1-16(34)44-21-12-10-19(14-23(21)42-3)30(40)46-25(28(37)33-32-27(36)18-8-6-5-7-9-18)26(29(38)39)47-31(41)20-11-13-22(45-17(2)35)24(15-20)43-4/h5-15,25-26H,1-4H3,(H,32,36)(H,33,37)(H,38,39)/t25-,26+/m1/s1. The van der Waals surface area contributed by atoms with E-state index in [0.29, 0.717) is 0 Å². The third-order valence-electron chi connectivity index (χ3n) is 5.89. The van der Waals surface area contributed by atoms with Crippen LogP contribution in [0.25, 0.3) is 0 Å². The van der Waals surface area contributed by atoms with Crippen molar-refractivity contribution in [1.29, 1.82) is 0 Å². The molecule has 0 aliphatic heterocycles. The molecule has 16 heteroatoms. The van der Waals surface area contributed by atoms with Gasteiger partial charge in [-0.2, -0.15) is 0 Å². The number of methoxy groups -OCH3 is 2. The number of benzene rings is 3. The van der Waals surface area contributed by atoms with E-state index in [0.717, 1.165) is 38.1 Å². The first kappa shape index (κ1) is 35.0. The van der Waals surface area contributed by atoms with Crippen LogP contribution in [-0.2, 0) is 28.7 Å². The summed E-state index contributed by atoms with van der Waals surface area (Å²) in [4.78, 5) is 87.0. The van der Waals surface area contributed by atoms with Gasteiger partial charge in [0.1, 0.15) is 0 Å². The number of carbonyl (C=O) groups is 7. The van der Waals surface area contributed by atoms with E-state index in [1.165, 1.54) is 38.5 Å². The number of esters is 4. The highest BCUT2D eigenvalue weighted by Gasteiger charge is 2.41. The van der Waals surface area contributed by atoms with Crippen molar-refractivity contribution in [2.24, 2.45) is 0 Å². The Balaban J connectivity index is 1.93. The fourth-order valence-corrected chi connectivity index (χ4v) is 3.78. The number of rotatable bonds is 12. The Bertz CT molecular complexity index is 1690. The Morgan fingerprint density at radius 3 is 1.49 bits per heavy atom. The van der Waals surface area contributed by atoms with Crippen LogP contribution in [0.4, 0.5) is 0 Å². The van der Waals surface area contributed by atoms with Crippen LogP contribution in [0, 0.1) is 0 Å². The molecule has 0 unspecified atom stereocenters. The molecule has 0 saturated heterocycles. The Morgan fingerprint density at radius 2 is 1.06 bits per heavy atom. The molecule has 3 N–H and O–H groups in total. The minimum absolute atomic E-state index is 0.0537. The molecule has 0 spiro atoms. The van der Waals surface area contributed by atoms with Crippen LogP contribution in [0.2, 0.25) is 0 Å². The molecule has 3 aromatic carbocycles. The maximum absolute atomic E-state index is 13.2. The fourth-order valence-electron chi connectivity index (χ4n) is 3.78. The van der Waals surface area contributed by atoms with Crippen molar-refractivity contribution in [2.45, 2.75) is 26.1 Å². The van der Waals surface area contributed by atoms with Gasteiger partial charge in [0.15, 0.2) is 23.0 Å². The van der Waals surface area contributed by atoms with Crippen molar-refractivity contribution in [3.05, 3.63) is 83.4 Å². The molecule has 2 atom stereocenters. The van der Waals surface area contributed by atoms with Gasteiger partial charge in [-0.25, -0.2) is 14.4 Å². The second-order valence-electron chi connectivity index (χ2n) is 9.22. The number of carboxylic acids is 1. The lowest BCUT2D eigenvalue weighted by Crippen LogP contribution is -2.54. The lowest BCUT2D eigenvalue weighted by Gasteiger charge is -2.24. The zero-order valence-electron chi connectivity index (χ0n) is 25.3. The van der Waals surface area contributed by atoms with E-state index in [1.54, 1.807) is 18.2 Å².